The molecule has 1 amide bonds. The van der Waals surface area contributed by atoms with Crippen molar-refractivity contribution in [3.8, 4) is 0 Å². The van der Waals surface area contributed by atoms with Crippen molar-refractivity contribution in [3.05, 3.63) is 66.0 Å². The second-order valence-corrected chi connectivity index (χ2v) is 7.13. The number of pyridine rings is 1. The molecule has 0 radical (unpaired) electrons. The third kappa shape index (κ3) is 5.62. The molecule has 0 spiro atoms. The highest BCUT2D eigenvalue weighted by Crippen LogP contribution is 2.26. The monoisotopic (exact) mass is 367 g/mol. The normalized spacial score (nSPS) is 20.3. The summed E-state index contributed by atoms with van der Waals surface area (Å²) in [7, 11) is 1.71. The molecule has 144 valence electrons. The lowest BCUT2D eigenvalue weighted by molar-refractivity contribution is -0.130. The van der Waals surface area contributed by atoms with Gasteiger partial charge in [0, 0.05) is 38.6 Å². The van der Waals surface area contributed by atoms with Gasteiger partial charge in [0.15, 0.2) is 0 Å². The van der Waals surface area contributed by atoms with Gasteiger partial charge >= 0.3 is 0 Å². The number of nitrogens with zero attached hydrogens (tertiary/aromatic N) is 2. The number of amides is 1. The summed E-state index contributed by atoms with van der Waals surface area (Å²) in [5.41, 5.74) is 2.41. The fourth-order valence-electron chi connectivity index (χ4n) is 3.85. The van der Waals surface area contributed by atoms with Crippen molar-refractivity contribution in [3.63, 3.8) is 0 Å². The van der Waals surface area contributed by atoms with E-state index in [4.69, 9.17) is 4.74 Å². The number of benzene rings is 1. The molecule has 2 aromatic rings. The zero-order valence-corrected chi connectivity index (χ0v) is 16.0. The highest BCUT2D eigenvalue weighted by atomic mass is 16.5. The topological polar surface area (TPSA) is 54.5 Å². The number of aromatic nitrogens is 1. The molecule has 1 aliphatic rings. The molecule has 2 unspecified atom stereocenters. The Morgan fingerprint density at radius 2 is 2.04 bits per heavy atom. The molecule has 1 aromatic carbocycles. The Bertz CT molecular complexity index is 693. The first-order chi connectivity index (χ1) is 13.3. The maximum Gasteiger partial charge on any atom is 0.224 e. The molecule has 5 nitrogen and oxygen atoms in total. The Balaban J connectivity index is 1.59. The van der Waals surface area contributed by atoms with Gasteiger partial charge < -0.3 is 10.1 Å². The van der Waals surface area contributed by atoms with Crippen molar-refractivity contribution in [1.29, 1.82) is 0 Å². The third-order valence-electron chi connectivity index (χ3n) is 5.23. The zero-order valence-electron chi connectivity index (χ0n) is 16.0. The Morgan fingerprint density at radius 1 is 1.22 bits per heavy atom. The van der Waals surface area contributed by atoms with Crippen LogP contribution in [0.25, 0.3) is 0 Å². The number of ether oxygens (including phenoxy) is 1. The number of carbonyl (C=O) groups is 1. The van der Waals surface area contributed by atoms with E-state index in [-0.39, 0.29) is 17.9 Å². The van der Waals surface area contributed by atoms with E-state index in [0.29, 0.717) is 13.2 Å². The first kappa shape index (κ1) is 19.5. The van der Waals surface area contributed by atoms with Crippen LogP contribution < -0.4 is 5.32 Å². The first-order valence-electron chi connectivity index (χ1n) is 9.71. The molecule has 3 rings (SSSR count). The number of likely N-dealkylation sites (tertiary alicyclic amines) is 1. The number of hydrogen-bond acceptors (Lipinski definition) is 4. The first-order valence-corrected chi connectivity index (χ1v) is 9.71. The van der Waals surface area contributed by atoms with Crippen molar-refractivity contribution >= 4 is 5.91 Å². The van der Waals surface area contributed by atoms with Crippen LogP contribution in [0, 0.1) is 5.92 Å². The van der Waals surface area contributed by atoms with Crippen LogP contribution in [-0.2, 0) is 22.5 Å². The van der Waals surface area contributed by atoms with Crippen LogP contribution in [0.15, 0.2) is 54.9 Å². The maximum absolute atomic E-state index is 12.9. The molecule has 0 bridgehead atoms. The smallest absolute Gasteiger partial charge is 0.224 e. The predicted molar refractivity (Wildman–Crippen MR) is 106 cm³/mol. The molecule has 1 N–H and O–H groups in total. The third-order valence-corrected chi connectivity index (χ3v) is 5.23. The summed E-state index contributed by atoms with van der Waals surface area (Å²) in [5.74, 6) is 0.106. The number of piperidine rings is 1. The maximum atomic E-state index is 12.9. The Labute approximate surface area is 161 Å². The average molecular weight is 367 g/mol. The van der Waals surface area contributed by atoms with Crippen molar-refractivity contribution in [2.45, 2.75) is 31.8 Å². The summed E-state index contributed by atoms with van der Waals surface area (Å²) in [5, 5.41) is 3.12. The van der Waals surface area contributed by atoms with Crippen molar-refractivity contribution < 1.29 is 9.53 Å². The summed E-state index contributed by atoms with van der Waals surface area (Å²) in [6, 6.07) is 14.5. The summed E-state index contributed by atoms with van der Waals surface area (Å²) >= 11 is 0. The van der Waals surface area contributed by atoms with Gasteiger partial charge in [-0.15, -0.1) is 0 Å². The molecule has 2 atom stereocenters. The lowest BCUT2D eigenvalue weighted by Crippen LogP contribution is -2.52. The van der Waals surface area contributed by atoms with Crippen LogP contribution >= 0.6 is 0 Å². The van der Waals surface area contributed by atoms with Crippen LogP contribution in [0.1, 0.15) is 24.0 Å². The Morgan fingerprint density at radius 3 is 2.78 bits per heavy atom. The minimum absolute atomic E-state index is 0.0312. The second kappa shape index (κ2) is 10.2. The van der Waals surface area contributed by atoms with Crippen LogP contribution in [0.5, 0.6) is 0 Å². The molecule has 1 aliphatic heterocycles. The van der Waals surface area contributed by atoms with Gasteiger partial charge in [-0.25, -0.2) is 0 Å². The lowest BCUT2D eigenvalue weighted by Gasteiger charge is -2.40. The number of methoxy groups -OCH3 is 1. The SMILES string of the molecule is COCC1C(C(=O)NCCc2cccnc2)CCCN1Cc1ccccc1. The zero-order chi connectivity index (χ0) is 18.9. The molecule has 0 aliphatic carbocycles. The van der Waals surface area contributed by atoms with Crippen LogP contribution in [0.3, 0.4) is 0 Å². The van der Waals surface area contributed by atoms with E-state index in [1.807, 2.05) is 24.4 Å². The highest BCUT2D eigenvalue weighted by Gasteiger charge is 2.35. The van der Waals surface area contributed by atoms with E-state index in [0.717, 1.165) is 37.9 Å². The van der Waals surface area contributed by atoms with Crippen molar-refractivity contribution in [1.82, 2.24) is 15.2 Å². The van der Waals surface area contributed by atoms with E-state index in [2.05, 4.69) is 39.5 Å². The van der Waals surface area contributed by atoms with Gasteiger partial charge in [0.2, 0.25) is 5.91 Å². The molecule has 1 fully saturated rings. The van der Waals surface area contributed by atoms with Crippen LogP contribution in [0.2, 0.25) is 0 Å². The minimum atomic E-state index is -0.0312. The van der Waals surface area contributed by atoms with E-state index in [1.165, 1.54) is 5.56 Å². The molecule has 0 saturated carbocycles. The van der Waals surface area contributed by atoms with Gasteiger partial charge in [0.25, 0.3) is 0 Å². The van der Waals surface area contributed by atoms with Gasteiger partial charge in [-0.05, 0) is 43.0 Å². The average Bonchev–Trinajstić information content (AvgIpc) is 2.71. The van der Waals surface area contributed by atoms with Gasteiger partial charge in [-0.2, -0.15) is 0 Å². The Hall–Kier alpha value is -2.24. The highest BCUT2D eigenvalue weighted by molar-refractivity contribution is 5.79. The summed E-state index contributed by atoms with van der Waals surface area (Å²) < 4.78 is 5.47. The predicted octanol–water partition coefficient (Wildman–Crippen LogP) is 2.67. The number of carbonyl (C=O) groups excluding carboxylic acids is 1. The summed E-state index contributed by atoms with van der Waals surface area (Å²) in [6.45, 7) is 3.07. The lowest BCUT2D eigenvalue weighted by atomic mass is 9.88. The molecule has 2 heterocycles. The summed E-state index contributed by atoms with van der Waals surface area (Å²) in [4.78, 5) is 19.4. The quantitative estimate of drug-likeness (QED) is 0.779. The molecule has 1 saturated heterocycles. The van der Waals surface area contributed by atoms with Crippen LogP contribution in [0.4, 0.5) is 0 Å². The van der Waals surface area contributed by atoms with Crippen molar-refractivity contribution in [2.24, 2.45) is 5.92 Å². The molecule has 27 heavy (non-hydrogen) atoms. The van der Waals surface area contributed by atoms with E-state index < -0.39 is 0 Å². The number of rotatable bonds is 8. The number of nitrogens with one attached hydrogen (secondary N) is 1. The fraction of sp³-hybridized carbons (Fsp3) is 0.455. The number of hydrogen-bond donors (Lipinski definition) is 1. The van der Waals surface area contributed by atoms with E-state index in [1.54, 1.807) is 13.3 Å². The van der Waals surface area contributed by atoms with Crippen molar-refractivity contribution in [2.75, 3.05) is 26.8 Å². The van der Waals surface area contributed by atoms with Gasteiger partial charge in [0.1, 0.15) is 0 Å². The van der Waals surface area contributed by atoms with Gasteiger partial charge in [0.05, 0.1) is 12.5 Å². The summed E-state index contributed by atoms with van der Waals surface area (Å²) in [6.07, 6.45) is 6.36. The largest absolute Gasteiger partial charge is 0.383 e. The van der Waals surface area contributed by atoms with E-state index in [9.17, 15) is 4.79 Å². The Kier molecular flexibility index (Phi) is 7.36. The molecule has 1 aromatic heterocycles. The fourth-order valence-corrected chi connectivity index (χ4v) is 3.85. The van der Waals surface area contributed by atoms with Gasteiger partial charge in [-0.1, -0.05) is 36.4 Å². The standard InChI is InChI=1S/C22H29N3O2/c1-27-17-21-20(22(26)24-13-11-18-9-5-12-23-15-18)10-6-14-25(21)16-19-7-3-2-4-8-19/h2-5,7-9,12,15,20-21H,6,10-11,13-14,16-17H2,1H3,(H,24,26). The van der Waals surface area contributed by atoms with E-state index >= 15 is 0 Å². The molecular weight excluding hydrogens is 338 g/mol. The van der Waals surface area contributed by atoms with Crippen LogP contribution in [-0.4, -0.2) is 48.6 Å². The molecule has 5 heteroatoms. The minimum Gasteiger partial charge on any atom is -0.383 e. The van der Waals surface area contributed by atoms with Gasteiger partial charge in [-0.3, -0.25) is 14.7 Å². The molecular formula is C22H29N3O2. The second-order valence-electron chi connectivity index (χ2n) is 7.13.